The van der Waals surface area contributed by atoms with Gasteiger partial charge in [-0.05, 0) is 23.8 Å². The van der Waals surface area contributed by atoms with Crippen molar-refractivity contribution in [1.82, 2.24) is 5.43 Å². The number of non-ortho nitro benzene ring substituents is 1. The van der Waals surface area contributed by atoms with Gasteiger partial charge in [-0.25, -0.2) is 0 Å². The van der Waals surface area contributed by atoms with Gasteiger partial charge in [-0.3, -0.25) is 10.1 Å². The molecule has 0 saturated heterocycles. The Hall–Kier alpha value is -2.60. The van der Waals surface area contributed by atoms with Crippen LogP contribution >= 0.6 is 11.6 Å². The van der Waals surface area contributed by atoms with Gasteiger partial charge < -0.3 is 10.5 Å². The van der Waals surface area contributed by atoms with Crippen molar-refractivity contribution < 1.29 is 10.0 Å². The standard InChI is InChI=1S/C15H12ClN3O3/c16-10-3-1-9(2-4-10)13-8-14(18-17-13)12-7-11(19(21)22)5-6-15(12)20/h1-7,13,17,20H,8H2/t13-/m0/s1. The fourth-order valence-electron chi connectivity index (χ4n) is 2.37. The van der Waals surface area contributed by atoms with Gasteiger partial charge in [0.25, 0.3) is 5.69 Å². The molecular formula is C15H12ClN3O3. The number of halogens is 1. The summed E-state index contributed by atoms with van der Waals surface area (Å²) in [5.74, 6) is -0.0251. The van der Waals surface area contributed by atoms with E-state index in [0.717, 1.165) is 5.56 Å². The fraction of sp³-hybridized carbons (Fsp3) is 0.133. The van der Waals surface area contributed by atoms with Crippen LogP contribution in [0.4, 0.5) is 5.69 Å². The van der Waals surface area contributed by atoms with Gasteiger partial charge in [0, 0.05) is 29.1 Å². The summed E-state index contributed by atoms with van der Waals surface area (Å²) in [6.45, 7) is 0. The van der Waals surface area contributed by atoms with Gasteiger partial charge in [-0.15, -0.1) is 0 Å². The molecule has 0 radical (unpaired) electrons. The van der Waals surface area contributed by atoms with Crippen LogP contribution in [0.5, 0.6) is 5.75 Å². The van der Waals surface area contributed by atoms with E-state index in [1.165, 1.54) is 18.2 Å². The molecule has 2 aromatic carbocycles. The molecule has 112 valence electrons. The van der Waals surface area contributed by atoms with Crippen LogP contribution in [0.3, 0.4) is 0 Å². The molecule has 0 amide bonds. The topological polar surface area (TPSA) is 87.8 Å². The first-order valence-electron chi connectivity index (χ1n) is 6.60. The molecule has 0 bridgehead atoms. The third-order valence-corrected chi connectivity index (χ3v) is 3.78. The largest absolute Gasteiger partial charge is 0.507 e. The van der Waals surface area contributed by atoms with Crippen molar-refractivity contribution in [1.29, 1.82) is 0 Å². The normalized spacial score (nSPS) is 17.0. The second-order valence-corrected chi connectivity index (χ2v) is 5.39. The van der Waals surface area contributed by atoms with Crippen LogP contribution in [0.25, 0.3) is 0 Å². The molecule has 0 spiro atoms. The van der Waals surface area contributed by atoms with Gasteiger partial charge in [0.05, 0.1) is 16.7 Å². The highest BCUT2D eigenvalue weighted by Gasteiger charge is 2.24. The zero-order valence-corrected chi connectivity index (χ0v) is 12.1. The molecule has 1 heterocycles. The minimum Gasteiger partial charge on any atom is -0.507 e. The first-order chi connectivity index (χ1) is 10.5. The van der Waals surface area contributed by atoms with Crippen molar-refractivity contribution in [2.75, 3.05) is 0 Å². The van der Waals surface area contributed by atoms with Gasteiger partial charge in [-0.1, -0.05) is 23.7 Å². The molecule has 6 nitrogen and oxygen atoms in total. The summed E-state index contributed by atoms with van der Waals surface area (Å²) in [5, 5.41) is 25.6. The monoisotopic (exact) mass is 317 g/mol. The maximum Gasteiger partial charge on any atom is 0.270 e. The van der Waals surface area contributed by atoms with Gasteiger partial charge in [0.1, 0.15) is 5.75 Å². The van der Waals surface area contributed by atoms with Crippen LogP contribution in [-0.4, -0.2) is 15.7 Å². The van der Waals surface area contributed by atoms with E-state index in [-0.39, 0.29) is 17.5 Å². The number of phenolic OH excluding ortho intramolecular Hbond substituents is 1. The number of hydrogen-bond acceptors (Lipinski definition) is 5. The number of rotatable bonds is 3. The molecule has 0 aromatic heterocycles. The first-order valence-corrected chi connectivity index (χ1v) is 6.98. The number of hydrogen-bond donors (Lipinski definition) is 2. The molecule has 7 heteroatoms. The lowest BCUT2D eigenvalue weighted by Gasteiger charge is -2.10. The Bertz CT molecular complexity index is 759. The molecule has 22 heavy (non-hydrogen) atoms. The molecule has 0 saturated carbocycles. The van der Waals surface area contributed by atoms with E-state index >= 15 is 0 Å². The number of hydrazone groups is 1. The molecular weight excluding hydrogens is 306 g/mol. The van der Waals surface area contributed by atoms with Crippen LogP contribution < -0.4 is 5.43 Å². The molecule has 2 aromatic rings. The van der Waals surface area contributed by atoms with Crippen LogP contribution in [-0.2, 0) is 0 Å². The number of aromatic hydroxyl groups is 1. The second kappa shape index (κ2) is 5.65. The smallest absolute Gasteiger partial charge is 0.270 e. The summed E-state index contributed by atoms with van der Waals surface area (Å²) in [6.07, 6.45) is 0.524. The lowest BCUT2D eigenvalue weighted by Crippen LogP contribution is -2.09. The van der Waals surface area contributed by atoms with Gasteiger partial charge in [0.2, 0.25) is 0 Å². The molecule has 1 atom stereocenters. The molecule has 1 aliphatic heterocycles. The number of phenols is 1. The van der Waals surface area contributed by atoms with Crippen molar-refractivity contribution in [2.24, 2.45) is 5.10 Å². The number of nitrogens with one attached hydrogen (secondary N) is 1. The summed E-state index contributed by atoms with van der Waals surface area (Å²) in [6, 6.07) is 11.2. The Morgan fingerprint density at radius 3 is 2.68 bits per heavy atom. The van der Waals surface area contributed by atoms with E-state index in [1.807, 2.05) is 12.1 Å². The zero-order chi connectivity index (χ0) is 15.7. The van der Waals surface area contributed by atoms with Crippen molar-refractivity contribution in [3.05, 3.63) is 68.7 Å². The van der Waals surface area contributed by atoms with Gasteiger partial charge >= 0.3 is 0 Å². The third kappa shape index (κ3) is 2.73. The Labute approximate surface area is 131 Å². The van der Waals surface area contributed by atoms with E-state index in [4.69, 9.17) is 11.6 Å². The van der Waals surface area contributed by atoms with Crippen molar-refractivity contribution in [2.45, 2.75) is 12.5 Å². The highest BCUT2D eigenvalue weighted by atomic mass is 35.5. The predicted octanol–water partition coefficient (Wildman–Crippen LogP) is 3.39. The Morgan fingerprint density at radius 2 is 2.00 bits per heavy atom. The molecule has 0 aliphatic carbocycles. The summed E-state index contributed by atoms with van der Waals surface area (Å²) in [7, 11) is 0. The van der Waals surface area contributed by atoms with Crippen LogP contribution in [0.15, 0.2) is 47.6 Å². The van der Waals surface area contributed by atoms with Crippen LogP contribution in [0.1, 0.15) is 23.6 Å². The summed E-state index contributed by atoms with van der Waals surface area (Å²) in [5.41, 5.74) is 4.87. The number of nitrogens with zero attached hydrogens (tertiary/aromatic N) is 2. The van der Waals surface area contributed by atoms with Crippen LogP contribution in [0.2, 0.25) is 5.02 Å². The van der Waals surface area contributed by atoms with Gasteiger partial charge in [-0.2, -0.15) is 5.10 Å². The second-order valence-electron chi connectivity index (χ2n) is 4.95. The SMILES string of the molecule is O=[N+]([O-])c1ccc(O)c(C2=NN[C@H](c3ccc(Cl)cc3)C2)c1. The average molecular weight is 318 g/mol. The van der Waals surface area contributed by atoms with Crippen LogP contribution in [0, 0.1) is 10.1 Å². The lowest BCUT2D eigenvalue weighted by molar-refractivity contribution is -0.384. The third-order valence-electron chi connectivity index (χ3n) is 3.53. The highest BCUT2D eigenvalue weighted by Crippen LogP contribution is 2.30. The van der Waals surface area contributed by atoms with Crippen molar-refractivity contribution in [3.8, 4) is 5.75 Å². The van der Waals surface area contributed by atoms with E-state index in [1.54, 1.807) is 12.1 Å². The quantitative estimate of drug-likeness (QED) is 0.671. The predicted molar refractivity (Wildman–Crippen MR) is 83.2 cm³/mol. The summed E-state index contributed by atoms with van der Waals surface area (Å²) >= 11 is 5.86. The molecule has 0 unspecified atom stereocenters. The molecule has 2 N–H and O–H groups in total. The van der Waals surface area contributed by atoms with Crippen molar-refractivity contribution in [3.63, 3.8) is 0 Å². The minimum atomic E-state index is -0.497. The number of benzene rings is 2. The van der Waals surface area contributed by atoms with Crippen molar-refractivity contribution >= 4 is 23.0 Å². The Balaban J connectivity index is 1.84. The Morgan fingerprint density at radius 1 is 1.27 bits per heavy atom. The number of nitro groups is 1. The Kier molecular flexibility index (Phi) is 3.68. The molecule has 3 rings (SSSR count). The van der Waals surface area contributed by atoms with E-state index in [0.29, 0.717) is 22.7 Å². The van der Waals surface area contributed by atoms with E-state index in [9.17, 15) is 15.2 Å². The fourth-order valence-corrected chi connectivity index (χ4v) is 2.49. The maximum absolute atomic E-state index is 10.9. The minimum absolute atomic E-state index is 0.0251. The molecule has 0 fully saturated rings. The maximum atomic E-state index is 10.9. The van der Waals surface area contributed by atoms with E-state index < -0.39 is 4.92 Å². The number of nitro benzene ring substituents is 1. The zero-order valence-electron chi connectivity index (χ0n) is 11.4. The summed E-state index contributed by atoms with van der Waals surface area (Å²) in [4.78, 5) is 10.4. The summed E-state index contributed by atoms with van der Waals surface area (Å²) < 4.78 is 0. The average Bonchev–Trinajstić information content (AvgIpc) is 2.98. The molecule has 1 aliphatic rings. The first kappa shape index (κ1) is 14.3. The van der Waals surface area contributed by atoms with Gasteiger partial charge in [0.15, 0.2) is 0 Å². The highest BCUT2D eigenvalue weighted by molar-refractivity contribution is 6.30. The lowest BCUT2D eigenvalue weighted by atomic mass is 9.98. The van der Waals surface area contributed by atoms with E-state index in [2.05, 4.69) is 10.5 Å².